The number of para-hydroxylation sites is 2. The van der Waals surface area contributed by atoms with Crippen molar-refractivity contribution in [2.24, 2.45) is 0 Å². The van der Waals surface area contributed by atoms with E-state index in [1.165, 1.54) is 11.8 Å². The highest BCUT2D eigenvalue weighted by atomic mass is 32.2. The number of aromatic nitrogens is 2. The smallest absolute Gasteiger partial charge is 0.262 e. The number of carbonyl (C=O) groups is 1. The molecule has 0 saturated heterocycles. The fourth-order valence-electron chi connectivity index (χ4n) is 3.60. The third-order valence-corrected chi connectivity index (χ3v) is 6.51. The number of carbonyl (C=O) groups excluding carboxylic acids is 1. The second-order valence-corrected chi connectivity index (χ2v) is 8.65. The molecule has 1 unspecified atom stereocenters. The number of anilines is 1. The number of benzene rings is 3. The molecule has 1 heterocycles. The highest BCUT2D eigenvalue weighted by Gasteiger charge is 2.31. The van der Waals surface area contributed by atoms with Gasteiger partial charge in [-0.25, -0.2) is 4.98 Å². The van der Waals surface area contributed by atoms with E-state index in [9.17, 15) is 9.59 Å². The second-order valence-electron chi connectivity index (χ2n) is 7.58. The summed E-state index contributed by atoms with van der Waals surface area (Å²) in [5, 5.41) is 3.66. The van der Waals surface area contributed by atoms with Crippen molar-refractivity contribution in [2.75, 3.05) is 5.32 Å². The van der Waals surface area contributed by atoms with Gasteiger partial charge in [-0.2, -0.15) is 0 Å². The van der Waals surface area contributed by atoms with E-state index in [0.717, 1.165) is 24.1 Å². The maximum Gasteiger partial charge on any atom is 0.262 e. The molecule has 5 nitrogen and oxygen atoms in total. The summed E-state index contributed by atoms with van der Waals surface area (Å²) >= 11 is 1.33. The lowest BCUT2D eigenvalue weighted by atomic mass is 10.1. The number of nitrogens with zero attached hydrogens (tertiary/aromatic N) is 2. The van der Waals surface area contributed by atoms with Crippen LogP contribution in [-0.4, -0.2) is 15.5 Å². The van der Waals surface area contributed by atoms with E-state index >= 15 is 0 Å². The highest BCUT2D eigenvalue weighted by Crippen LogP contribution is 2.41. The van der Waals surface area contributed by atoms with Crippen molar-refractivity contribution in [3.8, 4) is 0 Å². The number of fused-ring (bicyclic) bond motifs is 1. The summed E-state index contributed by atoms with van der Waals surface area (Å²) in [6, 6.07) is 26.6. The minimum atomic E-state index is -0.542. The summed E-state index contributed by atoms with van der Waals surface area (Å²) in [7, 11) is 0. The molecule has 1 amide bonds. The van der Waals surface area contributed by atoms with Crippen molar-refractivity contribution in [2.45, 2.75) is 29.3 Å². The van der Waals surface area contributed by atoms with Gasteiger partial charge in [0, 0.05) is 11.7 Å². The Kier molecular flexibility index (Phi) is 5.30. The van der Waals surface area contributed by atoms with E-state index < -0.39 is 5.25 Å². The van der Waals surface area contributed by atoms with Gasteiger partial charge in [-0.3, -0.25) is 14.2 Å². The normalized spacial score (nSPS) is 14.3. The molecular formula is C25H21N3O2S. The molecule has 31 heavy (non-hydrogen) atoms. The summed E-state index contributed by atoms with van der Waals surface area (Å²) in [6.07, 6.45) is 1.92. The van der Waals surface area contributed by atoms with Crippen LogP contribution >= 0.6 is 11.8 Å². The Morgan fingerprint density at radius 3 is 2.29 bits per heavy atom. The molecule has 0 spiro atoms. The van der Waals surface area contributed by atoms with E-state index in [2.05, 4.69) is 5.32 Å². The van der Waals surface area contributed by atoms with Gasteiger partial charge in [0.05, 0.1) is 10.9 Å². The van der Waals surface area contributed by atoms with Crippen molar-refractivity contribution in [3.05, 3.63) is 101 Å². The van der Waals surface area contributed by atoms with Gasteiger partial charge in [0.1, 0.15) is 5.25 Å². The molecule has 1 aliphatic rings. The van der Waals surface area contributed by atoms with Crippen LogP contribution in [0.25, 0.3) is 10.9 Å². The Hall–Kier alpha value is -3.38. The van der Waals surface area contributed by atoms with Gasteiger partial charge < -0.3 is 5.32 Å². The molecule has 1 N–H and O–H groups in total. The first-order valence-electron chi connectivity index (χ1n) is 10.3. The SMILES string of the molecule is O=C(Nc1ccccc1)C(Sc1nc2ccccc2c(=O)n1C1CC1)c1ccccc1. The van der Waals surface area contributed by atoms with E-state index in [0.29, 0.717) is 16.1 Å². The minimum absolute atomic E-state index is 0.0362. The monoisotopic (exact) mass is 427 g/mol. The molecule has 1 aliphatic carbocycles. The highest BCUT2D eigenvalue weighted by molar-refractivity contribution is 8.00. The van der Waals surface area contributed by atoms with E-state index in [-0.39, 0.29) is 17.5 Å². The quantitative estimate of drug-likeness (QED) is 0.339. The number of amides is 1. The maximum absolute atomic E-state index is 13.3. The topological polar surface area (TPSA) is 64.0 Å². The van der Waals surface area contributed by atoms with Gasteiger partial charge in [0.2, 0.25) is 5.91 Å². The molecule has 4 aromatic rings. The third-order valence-electron chi connectivity index (χ3n) is 5.29. The Morgan fingerprint density at radius 2 is 1.58 bits per heavy atom. The van der Waals surface area contributed by atoms with Crippen LogP contribution in [0, 0.1) is 0 Å². The Bertz CT molecular complexity index is 1280. The summed E-state index contributed by atoms with van der Waals surface area (Å²) in [5.74, 6) is -0.146. The number of rotatable bonds is 6. The predicted molar refractivity (Wildman–Crippen MR) is 124 cm³/mol. The van der Waals surface area contributed by atoms with Crippen LogP contribution < -0.4 is 10.9 Å². The van der Waals surface area contributed by atoms with Gasteiger partial charge in [-0.05, 0) is 42.7 Å². The third kappa shape index (κ3) is 4.11. The van der Waals surface area contributed by atoms with Crippen LogP contribution in [0.5, 0.6) is 0 Å². The van der Waals surface area contributed by atoms with Gasteiger partial charge in [-0.15, -0.1) is 0 Å². The molecule has 3 aromatic carbocycles. The first-order valence-corrected chi connectivity index (χ1v) is 11.2. The Balaban J connectivity index is 1.57. The fraction of sp³-hybridized carbons (Fsp3) is 0.160. The molecule has 0 aliphatic heterocycles. The molecule has 5 rings (SSSR count). The van der Waals surface area contributed by atoms with E-state index in [1.54, 1.807) is 4.57 Å². The zero-order chi connectivity index (χ0) is 21.2. The van der Waals surface area contributed by atoms with Crippen molar-refractivity contribution in [1.29, 1.82) is 0 Å². The van der Waals surface area contributed by atoms with Crippen molar-refractivity contribution in [3.63, 3.8) is 0 Å². The zero-order valence-electron chi connectivity index (χ0n) is 16.8. The van der Waals surface area contributed by atoms with Crippen LogP contribution in [0.3, 0.4) is 0 Å². The van der Waals surface area contributed by atoms with Gasteiger partial charge in [0.25, 0.3) is 5.56 Å². The van der Waals surface area contributed by atoms with Crippen molar-refractivity contribution >= 4 is 34.3 Å². The minimum Gasteiger partial charge on any atom is -0.325 e. The van der Waals surface area contributed by atoms with Gasteiger partial charge in [0.15, 0.2) is 5.16 Å². The van der Waals surface area contributed by atoms with Crippen LogP contribution in [0.2, 0.25) is 0 Å². The molecule has 1 aromatic heterocycles. The molecule has 1 saturated carbocycles. The Morgan fingerprint density at radius 1 is 0.935 bits per heavy atom. The van der Waals surface area contributed by atoms with Crippen LogP contribution in [0.4, 0.5) is 5.69 Å². The van der Waals surface area contributed by atoms with Crippen molar-refractivity contribution < 1.29 is 4.79 Å². The molecule has 0 bridgehead atoms. The van der Waals surface area contributed by atoms with Gasteiger partial charge >= 0.3 is 0 Å². The molecular weight excluding hydrogens is 406 g/mol. The second kappa shape index (κ2) is 8.40. The summed E-state index contributed by atoms with van der Waals surface area (Å²) in [5.41, 5.74) is 2.22. The first kappa shape index (κ1) is 19.6. The van der Waals surface area contributed by atoms with Crippen LogP contribution in [0.15, 0.2) is 94.9 Å². The summed E-state index contributed by atoms with van der Waals surface area (Å²) < 4.78 is 1.78. The maximum atomic E-state index is 13.3. The summed E-state index contributed by atoms with van der Waals surface area (Å²) in [6.45, 7) is 0. The first-order chi connectivity index (χ1) is 15.2. The lowest BCUT2D eigenvalue weighted by Gasteiger charge is -2.19. The molecule has 0 radical (unpaired) electrons. The Labute approximate surface area is 184 Å². The average molecular weight is 428 g/mol. The predicted octanol–water partition coefficient (Wildman–Crippen LogP) is 5.20. The molecule has 1 fully saturated rings. The van der Waals surface area contributed by atoms with Crippen molar-refractivity contribution in [1.82, 2.24) is 9.55 Å². The molecule has 6 heteroatoms. The zero-order valence-corrected chi connectivity index (χ0v) is 17.6. The largest absolute Gasteiger partial charge is 0.325 e. The summed E-state index contributed by atoms with van der Waals surface area (Å²) in [4.78, 5) is 31.3. The average Bonchev–Trinajstić information content (AvgIpc) is 3.64. The lowest BCUT2D eigenvalue weighted by Crippen LogP contribution is -2.24. The number of thioether (sulfide) groups is 1. The van der Waals surface area contributed by atoms with Gasteiger partial charge in [-0.1, -0.05) is 72.4 Å². The standard InChI is InChI=1S/C25H21N3O2S/c29-23(26-18-11-5-2-6-12-18)22(17-9-3-1-4-10-17)31-25-27-21-14-8-7-13-20(21)24(30)28(25)19-15-16-19/h1-14,19,22H,15-16H2,(H,26,29). The van der Waals surface area contributed by atoms with Crippen LogP contribution in [-0.2, 0) is 4.79 Å². The number of nitrogens with one attached hydrogen (secondary N) is 1. The molecule has 1 atom stereocenters. The fourth-order valence-corrected chi connectivity index (χ4v) is 4.77. The number of hydrogen-bond donors (Lipinski definition) is 1. The van der Waals surface area contributed by atoms with Crippen LogP contribution in [0.1, 0.15) is 29.7 Å². The van der Waals surface area contributed by atoms with E-state index in [1.807, 2.05) is 84.9 Å². The lowest BCUT2D eigenvalue weighted by molar-refractivity contribution is -0.115. The molecule has 154 valence electrons. The number of hydrogen-bond acceptors (Lipinski definition) is 4. The van der Waals surface area contributed by atoms with E-state index in [4.69, 9.17) is 4.98 Å².